The molecule has 158 valence electrons. The minimum atomic E-state index is -5.77. The zero-order chi connectivity index (χ0) is 22.5. The summed E-state index contributed by atoms with van der Waals surface area (Å²) in [4.78, 5) is 0. The van der Waals surface area contributed by atoms with Crippen LogP contribution in [-0.4, -0.2) is 39.2 Å². The molecule has 4 aliphatic rings. The van der Waals surface area contributed by atoms with E-state index in [-0.39, 0.29) is 36.2 Å². The number of halogens is 6. The van der Waals surface area contributed by atoms with Gasteiger partial charge in [0.2, 0.25) is 0 Å². The molecule has 0 aliphatic heterocycles. The fraction of sp³-hybridized carbons (Fsp3) is 1.00. The highest BCUT2D eigenvalue weighted by Crippen LogP contribution is 2.71. The van der Waals surface area contributed by atoms with Gasteiger partial charge < -0.3 is 9.39 Å². The largest absolute Gasteiger partial charge is 0.427 e. The summed E-state index contributed by atoms with van der Waals surface area (Å²) >= 11 is 0. The van der Waals surface area contributed by atoms with E-state index >= 15 is 0 Å². The van der Waals surface area contributed by atoms with Gasteiger partial charge in [-0.25, -0.2) is 0 Å². The maximum absolute atomic E-state index is 13.1. The number of fused-ring (bicyclic) bond motifs is 9. The van der Waals surface area contributed by atoms with Crippen LogP contribution in [0.25, 0.3) is 0 Å². The Morgan fingerprint density at radius 3 is 2.00 bits per heavy atom. The summed E-state index contributed by atoms with van der Waals surface area (Å²) in [6, 6.07) is 0. The number of alkyl halides is 6. The molecule has 0 aromatic rings. The lowest BCUT2D eigenvalue weighted by atomic mass is 9.62. The summed E-state index contributed by atoms with van der Waals surface area (Å²) in [6.45, 7) is 1.64. The molecule has 4 aliphatic carbocycles. The maximum Gasteiger partial charge on any atom is 0.427 e. The molecule has 9 heteroatoms. The third-order valence-corrected chi connectivity index (χ3v) is 8.19. The van der Waals surface area contributed by atoms with Crippen LogP contribution in [0.4, 0.5) is 26.3 Å². The fourth-order valence-electron chi connectivity index (χ4n) is 6.89. The molecule has 4 rings (SSSR count). The maximum atomic E-state index is 13.1. The van der Waals surface area contributed by atoms with Gasteiger partial charge in [0.25, 0.3) is 13.7 Å². The van der Waals surface area contributed by atoms with Gasteiger partial charge in [0, 0.05) is 9.35 Å². The molecule has 0 saturated heterocycles. The Kier molecular flexibility index (Phi) is 4.28. The third-order valence-electron chi connectivity index (χ3n) is 8.19. The van der Waals surface area contributed by atoms with Crippen molar-refractivity contribution in [2.75, 3.05) is 13.2 Å². The first kappa shape index (κ1) is 18.3. The zero-order valence-corrected chi connectivity index (χ0v) is 15.7. The third kappa shape index (κ3) is 2.70. The zero-order valence-electron chi connectivity index (χ0n) is 17.7. The van der Waals surface area contributed by atoms with E-state index in [1.165, 1.54) is 0 Å². The Labute approximate surface area is 165 Å². The molecule has 9 atom stereocenters. The second-order valence-corrected chi connectivity index (χ2v) is 9.08. The molecule has 4 saturated carbocycles. The predicted molar refractivity (Wildman–Crippen MR) is 89.1 cm³/mol. The van der Waals surface area contributed by atoms with Gasteiger partial charge in [0.05, 0.1) is 6.61 Å². The standard InChI is InChI=1S/C19H25BF6O2/c1-8-9(2)13-5-12(8)15-10-3-11(14(4-10)16(13)15)6-27-7-17(28-20,18(21,22)23)19(24,25)26/h8-16H,3-7H2,1-2H3/i8D,9D. The molecule has 28 heavy (non-hydrogen) atoms. The Hall–Kier alpha value is -0.435. The van der Waals surface area contributed by atoms with Gasteiger partial charge in [0.15, 0.2) is 0 Å². The van der Waals surface area contributed by atoms with Gasteiger partial charge in [-0.2, -0.15) is 26.3 Å². The van der Waals surface area contributed by atoms with Crippen LogP contribution in [0.5, 0.6) is 0 Å². The Morgan fingerprint density at radius 1 is 0.893 bits per heavy atom. The molecule has 2 radical (unpaired) electrons. The molecule has 0 aromatic carbocycles. The summed E-state index contributed by atoms with van der Waals surface area (Å²) in [5, 5.41) is 0. The van der Waals surface area contributed by atoms with Crippen LogP contribution in [-0.2, 0) is 9.39 Å². The lowest BCUT2D eigenvalue weighted by molar-refractivity contribution is -0.368. The summed E-state index contributed by atoms with van der Waals surface area (Å²) in [6.07, 6.45) is -9.21. The Morgan fingerprint density at radius 2 is 1.46 bits per heavy atom. The predicted octanol–water partition coefficient (Wildman–Crippen LogP) is 4.78. The van der Waals surface area contributed by atoms with Crippen LogP contribution in [0.1, 0.15) is 35.9 Å². The van der Waals surface area contributed by atoms with Gasteiger partial charge in [-0.1, -0.05) is 13.8 Å². The van der Waals surface area contributed by atoms with Gasteiger partial charge in [0.1, 0.15) is 0 Å². The summed E-state index contributed by atoms with van der Waals surface area (Å²) in [5.74, 6) is -0.814. The van der Waals surface area contributed by atoms with E-state index in [9.17, 15) is 26.3 Å². The minimum absolute atomic E-state index is 0.0321. The highest BCUT2D eigenvalue weighted by Gasteiger charge is 2.72. The second-order valence-electron chi connectivity index (χ2n) is 9.08. The van der Waals surface area contributed by atoms with E-state index in [1.807, 2.05) is 6.92 Å². The molecule has 0 aromatic heterocycles. The van der Waals surface area contributed by atoms with E-state index in [1.54, 1.807) is 6.92 Å². The molecule has 0 amide bonds. The van der Waals surface area contributed by atoms with E-state index in [0.29, 0.717) is 18.3 Å². The van der Waals surface area contributed by atoms with Gasteiger partial charge in [-0.3, -0.25) is 0 Å². The minimum Gasteiger partial charge on any atom is -0.427 e. The smallest absolute Gasteiger partial charge is 0.427 e. The molecular weight excluding hydrogens is 385 g/mol. The molecule has 2 nitrogen and oxygen atoms in total. The van der Waals surface area contributed by atoms with Crippen molar-refractivity contribution in [1.29, 1.82) is 0 Å². The van der Waals surface area contributed by atoms with E-state index in [4.69, 9.17) is 7.48 Å². The first-order chi connectivity index (χ1) is 13.6. The average molecular weight is 412 g/mol. The molecule has 4 bridgehead atoms. The van der Waals surface area contributed by atoms with Crippen molar-refractivity contribution >= 4 is 8.05 Å². The lowest BCUT2D eigenvalue weighted by Gasteiger charge is -2.43. The number of ether oxygens (including phenoxy) is 1. The summed E-state index contributed by atoms with van der Waals surface area (Å²) in [5.41, 5.74) is -4.56. The topological polar surface area (TPSA) is 18.5 Å². The average Bonchev–Trinajstić information content (AvgIpc) is 3.28. The van der Waals surface area contributed by atoms with Crippen molar-refractivity contribution in [3.63, 3.8) is 0 Å². The fourth-order valence-corrected chi connectivity index (χ4v) is 6.89. The van der Waals surface area contributed by atoms with E-state index in [0.717, 1.165) is 12.8 Å². The molecular formula is C19H25BF6O2. The van der Waals surface area contributed by atoms with Crippen LogP contribution in [0.2, 0.25) is 0 Å². The SMILES string of the molecule is [2H]C1(C)C2CC(C3C4CC(CC4COCC(O[B])(C(F)(F)F)C(F)(F)F)C32)C1([2H])C. The quantitative estimate of drug-likeness (QED) is 0.368. The highest BCUT2D eigenvalue weighted by atomic mass is 19.4. The van der Waals surface area contributed by atoms with Crippen molar-refractivity contribution in [3.8, 4) is 0 Å². The second kappa shape index (κ2) is 6.53. The van der Waals surface area contributed by atoms with Crippen LogP contribution in [0.15, 0.2) is 0 Å². The Balaban J connectivity index is 1.45. The van der Waals surface area contributed by atoms with Crippen molar-refractivity contribution in [2.45, 2.75) is 51.1 Å². The van der Waals surface area contributed by atoms with Crippen molar-refractivity contribution in [2.24, 2.45) is 53.2 Å². The Bertz CT molecular complexity index is 683. The van der Waals surface area contributed by atoms with Crippen LogP contribution in [0, 0.1) is 53.2 Å². The first-order valence-electron chi connectivity index (χ1n) is 10.7. The molecule has 0 spiro atoms. The van der Waals surface area contributed by atoms with Crippen LogP contribution >= 0.6 is 0 Å². The highest BCUT2D eigenvalue weighted by molar-refractivity contribution is 5.98. The number of hydrogen-bond acceptors (Lipinski definition) is 2. The van der Waals surface area contributed by atoms with Crippen molar-refractivity contribution < 1.29 is 38.5 Å². The normalized spacial score (nSPS) is 51.4. The summed E-state index contributed by atoms with van der Waals surface area (Å²) < 4.78 is 105. The molecule has 0 N–H and O–H groups in total. The van der Waals surface area contributed by atoms with Crippen LogP contribution in [0.3, 0.4) is 0 Å². The molecule has 0 heterocycles. The lowest BCUT2D eigenvalue weighted by Crippen LogP contribution is -2.61. The number of rotatable bonds is 5. The van der Waals surface area contributed by atoms with Crippen molar-refractivity contribution in [3.05, 3.63) is 0 Å². The van der Waals surface area contributed by atoms with Gasteiger partial charge in [-0.15, -0.1) is 0 Å². The molecule has 9 unspecified atom stereocenters. The van der Waals surface area contributed by atoms with Gasteiger partial charge in [-0.05, 0) is 72.5 Å². The van der Waals surface area contributed by atoms with Gasteiger partial charge >= 0.3 is 12.4 Å². The van der Waals surface area contributed by atoms with Crippen molar-refractivity contribution in [1.82, 2.24) is 0 Å². The van der Waals surface area contributed by atoms with E-state index < -0.39 is 36.3 Å². The first-order valence-corrected chi connectivity index (χ1v) is 9.69. The van der Waals surface area contributed by atoms with Crippen LogP contribution < -0.4 is 0 Å². The summed E-state index contributed by atoms with van der Waals surface area (Å²) in [7, 11) is 4.44. The van der Waals surface area contributed by atoms with E-state index in [2.05, 4.69) is 12.7 Å². The monoisotopic (exact) mass is 412 g/mol. The molecule has 4 fully saturated rings. The number of hydrogen-bond donors (Lipinski definition) is 0.